The maximum Gasteiger partial charge on any atom is 0.216 e. The van der Waals surface area contributed by atoms with Gasteiger partial charge in [0.05, 0.1) is 0 Å². The van der Waals surface area contributed by atoms with Crippen molar-refractivity contribution in [1.82, 2.24) is 5.32 Å². The van der Waals surface area contributed by atoms with Crippen LogP contribution < -0.4 is 15.4 Å². The zero-order chi connectivity index (χ0) is 14.2. The second-order valence-electron chi connectivity index (χ2n) is 4.35. The quantitative estimate of drug-likeness (QED) is 0.793. The Morgan fingerprint density at radius 2 is 1.60 bits per heavy atom. The molecular weight excluding hydrogens is 252 g/mol. The fourth-order valence-electron chi connectivity index (χ4n) is 1.71. The van der Waals surface area contributed by atoms with E-state index in [-0.39, 0.29) is 5.91 Å². The van der Waals surface area contributed by atoms with E-state index >= 15 is 0 Å². The van der Waals surface area contributed by atoms with Crippen molar-refractivity contribution in [2.45, 2.75) is 6.92 Å². The molecule has 0 aliphatic rings. The molecule has 0 saturated heterocycles. The normalized spacial score (nSPS) is 9.85. The zero-order valence-corrected chi connectivity index (χ0v) is 11.4. The summed E-state index contributed by atoms with van der Waals surface area (Å²) in [5.41, 5.74) is 0.996. The number of carbonyl (C=O) groups excluding carboxylic acids is 1. The second-order valence-corrected chi connectivity index (χ2v) is 4.35. The number of benzene rings is 2. The standard InChI is InChI=1S/C16H18N2O2/c1-13(19)17-11-12-18-14-7-9-16(10-8-14)20-15-5-3-2-4-6-15/h2-10,18H,11-12H2,1H3,(H,17,19). The summed E-state index contributed by atoms with van der Waals surface area (Å²) in [4.78, 5) is 10.7. The molecule has 4 nitrogen and oxygen atoms in total. The molecule has 0 atom stereocenters. The van der Waals surface area contributed by atoms with Crippen LogP contribution in [0.25, 0.3) is 0 Å². The molecule has 0 saturated carbocycles. The molecule has 0 aliphatic heterocycles. The number of carbonyl (C=O) groups is 1. The van der Waals surface area contributed by atoms with Crippen molar-refractivity contribution in [3.8, 4) is 11.5 Å². The van der Waals surface area contributed by atoms with Crippen LogP contribution >= 0.6 is 0 Å². The minimum absolute atomic E-state index is 0.0154. The first-order valence-electron chi connectivity index (χ1n) is 6.55. The number of nitrogens with one attached hydrogen (secondary N) is 2. The third kappa shape index (κ3) is 4.65. The second kappa shape index (κ2) is 7.19. The van der Waals surface area contributed by atoms with Crippen LogP contribution in [0.4, 0.5) is 5.69 Å². The van der Waals surface area contributed by atoms with Crippen molar-refractivity contribution in [3.63, 3.8) is 0 Å². The van der Waals surface area contributed by atoms with E-state index in [1.165, 1.54) is 6.92 Å². The lowest BCUT2D eigenvalue weighted by Crippen LogP contribution is -2.26. The van der Waals surface area contributed by atoms with Crippen molar-refractivity contribution in [3.05, 3.63) is 54.6 Å². The largest absolute Gasteiger partial charge is 0.457 e. The molecule has 0 heterocycles. The van der Waals surface area contributed by atoms with Gasteiger partial charge in [-0.05, 0) is 36.4 Å². The first kappa shape index (κ1) is 13.9. The molecule has 0 aromatic heterocycles. The van der Waals surface area contributed by atoms with Crippen LogP contribution in [0.2, 0.25) is 0 Å². The fourth-order valence-corrected chi connectivity index (χ4v) is 1.71. The molecule has 1 amide bonds. The average molecular weight is 270 g/mol. The Morgan fingerprint density at radius 3 is 2.25 bits per heavy atom. The van der Waals surface area contributed by atoms with Gasteiger partial charge in [-0.3, -0.25) is 4.79 Å². The van der Waals surface area contributed by atoms with Gasteiger partial charge in [0.2, 0.25) is 5.91 Å². The van der Waals surface area contributed by atoms with E-state index in [4.69, 9.17) is 4.74 Å². The number of anilines is 1. The molecule has 0 fully saturated rings. The lowest BCUT2D eigenvalue weighted by atomic mass is 10.3. The van der Waals surface area contributed by atoms with Crippen LogP contribution in [0.3, 0.4) is 0 Å². The number of hydrogen-bond acceptors (Lipinski definition) is 3. The molecule has 0 aliphatic carbocycles. The summed E-state index contributed by atoms with van der Waals surface area (Å²) in [5, 5.41) is 5.95. The van der Waals surface area contributed by atoms with Gasteiger partial charge in [0.15, 0.2) is 0 Å². The maximum atomic E-state index is 10.7. The fraction of sp³-hybridized carbons (Fsp3) is 0.188. The SMILES string of the molecule is CC(=O)NCCNc1ccc(Oc2ccccc2)cc1. The minimum atomic E-state index is -0.0154. The lowest BCUT2D eigenvalue weighted by molar-refractivity contribution is -0.118. The Morgan fingerprint density at radius 1 is 0.950 bits per heavy atom. The Balaban J connectivity index is 1.82. The molecule has 2 aromatic rings. The molecule has 0 bridgehead atoms. The van der Waals surface area contributed by atoms with Gasteiger partial charge >= 0.3 is 0 Å². The first-order valence-corrected chi connectivity index (χ1v) is 6.55. The van der Waals surface area contributed by atoms with E-state index in [1.54, 1.807) is 0 Å². The van der Waals surface area contributed by atoms with Gasteiger partial charge in [-0.2, -0.15) is 0 Å². The molecule has 2 N–H and O–H groups in total. The molecule has 4 heteroatoms. The predicted molar refractivity (Wildman–Crippen MR) is 80.1 cm³/mol. The van der Waals surface area contributed by atoms with Gasteiger partial charge in [0.1, 0.15) is 11.5 Å². The van der Waals surface area contributed by atoms with E-state index < -0.39 is 0 Å². The van der Waals surface area contributed by atoms with Gasteiger partial charge in [-0.25, -0.2) is 0 Å². The molecule has 0 unspecified atom stereocenters. The van der Waals surface area contributed by atoms with Crippen LogP contribution in [0, 0.1) is 0 Å². The number of rotatable bonds is 6. The van der Waals surface area contributed by atoms with Crippen LogP contribution in [-0.2, 0) is 4.79 Å². The third-order valence-corrected chi connectivity index (χ3v) is 2.66. The lowest BCUT2D eigenvalue weighted by Gasteiger charge is -2.09. The van der Waals surface area contributed by atoms with E-state index in [2.05, 4.69) is 10.6 Å². The summed E-state index contributed by atoms with van der Waals surface area (Å²) in [6, 6.07) is 17.4. The smallest absolute Gasteiger partial charge is 0.216 e. The number of ether oxygens (including phenoxy) is 1. The minimum Gasteiger partial charge on any atom is -0.457 e. The summed E-state index contributed by atoms with van der Waals surface area (Å²) in [5.74, 6) is 1.60. The van der Waals surface area contributed by atoms with Gasteiger partial charge in [-0.1, -0.05) is 18.2 Å². The monoisotopic (exact) mass is 270 g/mol. The van der Waals surface area contributed by atoms with E-state index in [9.17, 15) is 4.79 Å². The summed E-state index contributed by atoms with van der Waals surface area (Å²) in [6.07, 6.45) is 0. The highest BCUT2D eigenvalue weighted by molar-refractivity contribution is 5.72. The van der Waals surface area contributed by atoms with Crippen LogP contribution in [0.1, 0.15) is 6.92 Å². The Labute approximate surface area is 118 Å². The van der Waals surface area contributed by atoms with Crippen molar-refractivity contribution < 1.29 is 9.53 Å². The molecule has 0 radical (unpaired) electrons. The van der Waals surface area contributed by atoms with Gasteiger partial charge in [-0.15, -0.1) is 0 Å². The molecule has 0 spiro atoms. The Kier molecular flexibility index (Phi) is 5.00. The highest BCUT2D eigenvalue weighted by Gasteiger charge is 1.97. The van der Waals surface area contributed by atoms with Gasteiger partial charge in [0.25, 0.3) is 0 Å². The Bertz CT molecular complexity index is 538. The van der Waals surface area contributed by atoms with Crippen molar-refractivity contribution in [2.75, 3.05) is 18.4 Å². The van der Waals surface area contributed by atoms with Gasteiger partial charge < -0.3 is 15.4 Å². The predicted octanol–water partition coefficient (Wildman–Crippen LogP) is 3.03. The summed E-state index contributed by atoms with van der Waals surface area (Å²) >= 11 is 0. The van der Waals surface area contributed by atoms with E-state index in [0.717, 1.165) is 17.2 Å². The number of para-hydroxylation sites is 1. The summed E-state index contributed by atoms with van der Waals surface area (Å²) in [7, 11) is 0. The summed E-state index contributed by atoms with van der Waals surface area (Å²) in [6.45, 7) is 2.81. The van der Waals surface area contributed by atoms with Crippen LogP contribution in [0.5, 0.6) is 11.5 Å². The highest BCUT2D eigenvalue weighted by Crippen LogP contribution is 2.22. The van der Waals surface area contributed by atoms with Crippen LogP contribution in [-0.4, -0.2) is 19.0 Å². The van der Waals surface area contributed by atoms with Crippen molar-refractivity contribution in [2.24, 2.45) is 0 Å². The third-order valence-electron chi connectivity index (χ3n) is 2.66. The molecule has 104 valence electrons. The number of amides is 1. The molecule has 2 aromatic carbocycles. The van der Waals surface area contributed by atoms with Crippen molar-refractivity contribution in [1.29, 1.82) is 0 Å². The topological polar surface area (TPSA) is 50.4 Å². The molecular formula is C16H18N2O2. The zero-order valence-electron chi connectivity index (χ0n) is 11.4. The van der Waals surface area contributed by atoms with E-state index in [1.807, 2.05) is 54.6 Å². The van der Waals surface area contributed by atoms with E-state index in [0.29, 0.717) is 13.1 Å². The van der Waals surface area contributed by atoms with Crippen LogP contribution in [0.15, 0.2) is 54.6 Å². The summed E-state index contributed by atoms with van der Waals surface area (Å²) < 4.78 is 5.71. The first-order chi connectivity index (χ1) is 9.74. The molecule has 20 heavy (non-hydrogen) atoms. The van der Waals surface area contributed by atoms with Crippen molar-refractivity contribution >= 4 is 11.6 Å². The average Bonchev–Trinajstić information content (AvgIpc) is 2.46. The Hall–Kier alpha value is -2.49. The maximum absolute atomic E-state index is 10.7. The molecule has 2 rings (SSSR count). The van der Waals surface area contributed by atoms with Gasteiger partial charge in [0, 0.05) is 25.7 Å². The highest BCUT2D eigenvalue weighted by atomic mass is 16.5. The number of hydrogen-bond donors (Lipinski definition) is 2.